The SMILES string of the molecule is CC(=O)Nc1ccccc1C(=O)N[C@@H](Cc1cccc(OCc2ccccc2)c1)C(N)=O. The molecule has 0 aromatic heterocycles. The highest BCUT2D eigenvalue weighted by Crippen LogP contribution is 2.18. The fraction of sp³-hybridized carbons (Fsp3) is 0.160. The molecule has 0 aliphatic rings. The van der Waals surface area contributed by atoms with Gasteiger partial charge < -0.3 is 21.1 Å². The van der Waals surface area contributed by atoms with E-state index in [0.717, 1.165) is 11.1 Å². The summed E-state index contributed by atoms with van der Waals surface area (Å²) in [5.74, 6) is -0.818. The molecule has 0 radical (unpaired) electrons. The first-order valence-corrected chi connectivity index (χ1v) is 10.1. The van der Waals surface area contributed by atoms with Crippen LogP contribution in [0.2, 0.25) is 0 Å². The zero-order valence-electron chi connectivity index (χ0n) is 17.7. The predicted molar refractivity (Wildman–Crippen MR) is 122 cm³/mol. The average molecular weight is 431 g/mol. The van der Waals surface area contributed by atoms with E-state index in [4.69, 9.17) is 10.5 Å². The van der Waals surface area contributed by atoms with Gasteiger partial charge in [-0.2, -0.15) is 0 Å². The van der Waals surface area contributed by atoms with Crippen LogP contribution in [0.3, 0.4) is 0 Å². The Hall–Kier alpha value is -4.13. The van der Waals surface area contributed by atoms with E-state index in [1.54, 1.807) is 24.3 Å². The van der Waals surface area contributed by atoms with Crippen LogP contribution >= 0.6 is 0 Å². The second-order valence-corrected chi connectivity index (χ2v) is 7.28. The highest BCUT2D eigenvalue weighted by molar-refractivity contribution is 6.04. The molecule has 0 aliphatic heterocycles. The lowest BCUT2D eigenvalue weighted by molar-refractivity contribution is -0.119. The number of hydrogen-bond acceptors (Lipinski definition) is 4. The van der Waals surface area contributed by atoms with Gasteiger partial charge in [-0.05, 0) is 35.4 Å². The summed E-state index contributed by atoms with van der Waals surface area (Å²) in [6, 6.07) is 22.7. The van der Waals surface area contributed by atoms with E-state index >= 15 is 0 Å². The van der Waals surface area contributed by atoms with E-state index in [-0.39, 0.29) is 17.9 Å². The summed E-state index contributed by atoms with van der Waals surface area (Å²) < 4.78 is 5.83. The molecule has 32 heavy (non-hydrogen) atoms. The summed E-state index contributed by atoms with van der Waals surface area (Å²) in [4.78, 5) is 36.2. The van der Waals surface area contributed by atoms with Crippen LogP contribution in [-0.4, -0.2) is 23.8 Å². The van der Waals surface area contributed by atoms with Crippen LogP contribution in [0.5, 0.6) is 5.75 Å². The van der Waals surface area contributed by atoms with Gasteiger partial charge in [-0.3, -0.25) is 14.4 Å². The third kappa shape index (κ3) is 6.43. The van der Waals surface area contributed by atoms with Crippen LogP contribution in [0, 0.1) is 0 Å². The molecule has 0 fully saturated rings. The normalized spacial score (nSPS) is 11.3. The maximum absolute atomic E-state index is 12.8. The van der Waals surface area contributed by atoms with Crippen LogP contribution in [0.25, 0.3) is 0 Å². The number of para-hydroxylation sites is 1. The van der Waals surface area contributed by atoms with Crippen molar-refractivity contribution in [3.63, 3.8) is 0 Å². The minimum atomic E-state index is -0.933. The Bertz CT molecular complexity index is 1100. The van der Waals surface area contributed by atoms with Gasteiger partial charge in [-0.1, -0.05) is 54.6 Å². The van der Waals surface area contributed by atoms with Crippen molar-refractivity contribution in [3.05, 3.63) is 95.6 Å². The van der Waals surface area contributed by atoms with Gasteiger partial charge in [0.25, 0.3) is 5.91 Å². The summed E-state index contributed by atoms with van der Waals surface area (Å²) >= 11 is 0. The Morgan fingerprint density at radius 3 is 2.31 bits per heavy atom. The molecule has 0 unspecified atom stereocenters. The number of anilines is 1. The zero-order valence-corrected chi connectivity index (χ0v) is 17.7. The number of carbonyl (C=O) groups is 3. The second-order valence-electron chi connectivity index (χ2n) is 7.28. The Morgan fingerprint density at radius 1 is 0.906 bits per heavy atom. The van der Waals surface area contributed by atoms with Gasteiger partial charge in [0, 0.05) is 13.3 Å². The molecule has 4 N–H and O–H groups in total. The van der Waals surface area contributed by atoms with Gasteiger partial charge >= 0.3 is 0 Å². The average Bonchev–Trinajstić information content (AvgIpc) is 2.78. The summed E-state index contributed by atoms with van der Waals surface area (Å²) in [6.45, 7) is 1.77. The fourth-order valence-corrected chi connectivity index (χ4v) is 3.18. The first-order chi connectivity index (χ1) is 15.4. The third-order valence-corrected chi connectivity index (χ3v) is 4.72. The van der Waals surface area contributed by atoms with Gasteiger partial charge in [0.05, 0.1) is 11.3 Å². The number of rotatable bonds is 9. The first-order valence-electron chi connectivity index (χ1n) is 10.1. The molecule has 7 heteroatoms. The Labute approximate surface area is 186 Å². The molecule has 0 heterocycles. The molecule has 3 amide bonds. The lowest BCUT2D eigenvalue weighted by atomic mass is 10.0. The Morgan fingerprint density at radius 2 is 1.59 bits per heavy atom. The van der Waals surface area contributed by atoms with Gasteiger partial charge in [0.15, 0.2) is 0 Å². The molecule has 0 saturated carbocycles. The zero-order chi connectivity index (χ0) is 22.9. The summed E-state index contributed by atoms with van der Waals surface area (Å²) in [7, 11) is 0. The van der Waals surface area contributed by atoms with E-state index in [2.05, 4.69) is 10.6 Å². The molecule has 3 aromatic rings. The largest absolute Gasteiger partial charge is 0.489 e. The van der Waals surface area contributed by atoms with E-state index in [1.807, 2.05) is 54.6 Å². The van der Waals surface area contributed by atoms with E-state index in [0.29, 0.717) is 18.0 Å². The first kappa shape index (κ1) is 22.6. The number of benzene rings is 3. The standard InChI is InChI=1S/C25H25N3O4/c1-17(29)27-22-13-6-5-12-21(22)25(31)28-23(24(26)30)15-19-10-7-11-20(14-19)32-16-18-8-3-2-4-9-18/h2-14,23H,15-16H2,1H3,(H2,26,30)(H,27,29)(H,28,31)/t23-/m0/s1. The number of primary amides is 1. The van der Waals surface area contributed by atoms with Crippen molar-refractivity contribution in [3.8, 4) is 5.75 Å². The maximum Gasteiger partial charge on any atom is 0.254 e. The summed E-state index contributed by atoms with van der Waals surface area (Å²) in [5, 5.41) is 5.28. The number of nitrogens with one attached hydrogen (secondary N) is 2. The summed E-state index contributed by atoms with van der Waals surface area (Å²) in [6.07, 6.45) is 0.200. The minimum Gasteiger partial charge on any atom is -0.489 e. The predicted octanol–water partition coefficient (Wildman–Crippen LogP) is 3.05. The Balaban J connectivity index is 1.69. The number of hydrogen-bond donors (Lipinski definition) is 3. The van der Waals surface area contributed by atoms with Crippen molar-refractivity contribution in [2.75, 3.05) is 5.32 Å². The van der Waals surface area contributed by atoms with Crippen LogP contribution < -0.4 is 21.1 Å². The monoisotopic (exact) mass is 431 g/mol. The smallest absolute Gasteiger partial charge is 0.254 e. The number of ether oxygens (including phenoxy) is 1. The van der Waals surface area contributed by atoms with Crippen molar-refractivity contribution in [1.82, 2.24) is 5.32 Å². The molecular weight excluding hydrogens is 406 g/mol. The highest BCUT2D eigenvalue weighted by Gasteiger charge is 2.21. The quantitative estimate of drug-likeness (QED) is 0.484. The van der Waals surface area contributed by atoms with Crippen molar-refractivity contribution < 1.29 is 19.1 Å². The van der Waals surface area contributed by atoms with Gasteiger partial charge in [-0.25, -0.2) is 0 Å². The molecule has 0 bridgehead atoms. The molecule has 3 rings (SSSR count). The fourth-order valence-electron chi connectivity index (χ4n) is 3.18. The molecular formula is C25H25N3O4. The van der Waals surface area contributed by atoms with Crippen LogP contribution in [0.1, 0.15) is 28.4 Å². The molecule has 164 valence electrons. The van der Waals surface area contributed by atoms with Gasteiger partial charge in [0.1, 0.15) is 18.4 Å². The molecule has 0 saturated heterocycles. The van der Waals surface area contributed by atoms with Crippen LogP contribution in [-0.2, 0) is 22.6 Å². The van der Waals surface area contributed by atoms with Gasteiger partial charge in [-0.15, -0.1) is 0 Å². The van der Waals surface area contributed by atoms with Crippen molar-refractivity contribution in [2.24, 2.45) is 5.73 Å². The lowest BCUT2D eigenvalue weighted by Crippen LogP contribution is -2.46. The van der Waals surface area contributed by atoms with Crippen molar-refractivity contribution in [2.45, 2.75) is 26.0 Å². The van der Waals surface area contributed by atoms with E-state index in [9.17, 15) is 14.4 Å². The third-order valence-electron chi connectivity index (χ3n) is 4.72. The van der Waals surface area contributed by atoms with Gasteiger partial charge in [0.2, 0.25) is 11.8 Å². The van der Waals surface area contributed by atoms with Crippen LogP contribution in [0.4, 0.5) is 5.69 Å². The topological polar surface area (TPSA) is 111 Å². The maximum atomic E-state index is 12.8. The Kier molecular flexibility index (Phi) is 7.59. The van der Waals surface area contributed by atoms with Crippen molar-refractivity contribution in [1.29, 1.82) is 0 Å². The minimum absolute atomic E-state index is 0.200. The lowest BCUT2D eigenvalue weighted by Gasteiger charge is -2.17. The molecule has 0 spiro atoms. The van der Waals surface area contributed by atoms with E-state index in [1.165, 1.54) is 6.92 Å². The van der Waals surface area contributed by atoms with E-state index < -0.39 is 17.9 Å². The number of carbonyl (C=O) groups excluding carboxylic acids is 3. The molecule has 0 aliphatic carbocycles. The molecule has 3 aromatic carbocycles. The number of amides is 3. The molecule has 1 atom stereocenters. The second kappa shape index (κ2) is 10.8. The highest BCUT2D eigenvalue weighted by atomic mass is 16.5. The van der Waals surface area contributed by atoms with Crippen molar-refractivity contribution >= 4 is 23.4 Å². The van der Waals surface area contributed by atoms with Crippen LogP contribution in [0.15, 0.2) is 78.9 Å². The summed E-state index contributed by atoms with van der Waals surface area (Å²) in [5.41, 5.74) is 7.98. The number of nitrogens with two attached hydrogens (primary N) is 1. The molecule has 7 nitrogen and oxygen atoms in total.